The van der Waals surface area contributed by atoms with E-state index in [1.54, 1.807) is 9.80 Å². The Morgan fingerprint density at radius 3 is 2.31 bits per heavy atom. The highest BCUT2D eigenvalue weighted by Crippen LogP contribution is 2.41. The Morgan fingerprint density at radius 2 is 1.61 bits per heavy atom. The van der Waals surface area contributed by atoms with Gasteiger partial charge in [-0.05, 0) is 46.0 Å². The van der Waals surface area contributed by atoms with Crippen LogP contribution in [0.1, 0.15) is 66.7 Å². The quantitative estimate of drug-likeness (QED) is 0.189. The summed E-state index contributed by atoms with van der Waals surface area (Å²) < 4.78 is 13.5. The van der Waals surface area contributed by atoms with E-state index in [9.17, 15) is 14.4 Å². The van der Waals surface area contributed by atoms with E-state index in [1.807, 2.05) is 87.7 Å². The number of carbonyl (C=O) groups excluding carboxylic acids is 3. The number of carbonyl (C=O) groups is 3. The predicted octanol–water partition coefficient (Wildman–Crippen LogP) is 6.56. The van der Waals surface area contributed by atoms with Crippen LogP contribution in [0.2, 0.25) is 10.0 Å². The molecule has 0 saturated carbocycles. The lowest BCUT2D eigenvalue weighted by Gasteiger charge is -2.29. The lowest BCUT2D eigenvalue weighted by atomic mass is 9.98. The summed E-state index contributed by atoms with van der Waals surface area (Å²) in [6, 6.07) is 11.1. The molecule has 0 N–H and O–H groups in total. The number of rotatable bonds is 8. The van der Waals surface area contributed by atoms with Gasteiger partial charge in [-0.2, -0.15) is 0 Å². The highest BCUT2D eigenvalue weighted by Gasteiger charge is 2.32. The number of halogens is 2. The van der Waals surface area contributed by atoms with Crippen LogP contribution in [0.4, 0.5) is 4.79 Å². The first-order chi connectivity index (χ1) is 23.2. The first kappa shape index (κ1) is 34.7. The molecule has 0 atom stereocenters. The molecular weight excluding hydrogens is 667 g/mol. The van der Waals surface area contributed by atoms with Crippen molar-refractivity contribution in [3.8, 4) is 22.6 Å². The molecule has 0 aliphatic carbocycles. The minimum Gasteiger partial charge on any atom is -0.444 e. The van der Waals surface area contributed by atoms with Gasteiger partial charge in [-0.15, -0.1) is 0 Å². The fourth-order valence-electron chi connectivity index (χ4n) is 6.12. The van der Waals surface area contributed by atoms with Gasteiger partial charge in [0.25, 0.3) is 0 Å². The highest BCUT2D eigenvalue weighted by atomic mass is 35.5. The largest absolute Gasteiger partial charge is 0.444 e. The van der Waals surface area contributed by atoms with Gasteiger partial charge >= 0.3 is 6.09 Å². The number of ketones is 1. The summed E-state index contributed by atoms with van der Waals surface area (Å²) >= 11 is 14.0. The van der Waals surface area contributed by atoms with Crippen molar-refractivity contribution < 1.29 is 23.5 Å². The average Bonchev–Trinajstić information content (AvgIpc) is 3.73. The normalized spacial score (nSPS) is 14.3. The Kier molecular flexibility index (Phi) is 9.63. The molecule has 0 radical (unpaired) electrons. The van der Waals surface area contributed by atoms with Crippen molar-refractivity contribution in [1.29, 1.82) is 0 Å². The van der Waals surface area contributed by atoms with Crippen LogP contribution in [0.3, 0.4) is 0 Å². The molecule has 2 aliphatic heterocycles. The number of aromatic nitrogens is 3. The number of hydrogen-bond donors (Lipinski definition) is 0. The fraction of sp³-hybridized carbons (Fsp3) is 0.417. The summed E-state index contributed by atoms with van der Waals surface area (Å²) in [5, 5.41) is 0.822. The minimum atomic E-state index is -0.603. The lowest BCUT2D eigenvalue weighted by Crippen LogP contribution is -2.40. The van der Waals surface area contributed by atoms with Crippen molar-refractivity contribution in [2.24, 2.45) is 7.05 Å². The number of amides is 2. The number of Topliss-reactive ketones (excluding diaryl/α,β-unsaturated/α-hetero) is 1. The first-order valence-corrected chi connectivity index (χ1v) is 17.1. The Labute approximate surface area is 295 Å². The average molecular weight is 708 g/mol. The summed E-state index contributed by atoms with van der Waals surface area (Å²) in [5.74, 6) is 1.17. The highest BCUT2D eigenvalue weighted by molar-refractivity contribution is 6.38. The number of ether oxygens (including phenoxy) is 1. The van der Waals surface area contributed by atoms with E-state index in [0.717, 1.165) is 17.9 Å². The van der Waals surface area contributed by atoms with Crippen molar-refractivity contribution in [2.45, 2.75) is 65.8 Å². The van der Waals surface area contributed by atoms with Gasteiger partial charge in [0.1, 0.15) is 17.1 Å². The summed E-state index contributed by atoms with van der Waals surface area (Å²) in [7, 11) is 3.73. The number of benzene rings is 2. The molecule has 49 heavy (non-hydrogen) atoms. The molecule has 4 aromatic rings. The summed E-state index contributed by atoms with van der Waals surface area (Å²) in [6.45, 7) is 10.1. The maximum Gasteiger partial charge on any atom is 0.410 e. The molecule has 258 valence electrons. The molecule has 0 fully saturated rings. The smallest absolute Gasteiger partial charge is 0.410 e. The van der Waals surface area contributed by atoms with E-state index in [2.05, 4.69) is 4.98 Å². The maximum absolute atomic E-state index is 13.6. The third-order valence-corrected chi connectivity index (χ3v) is 9.71. The Bertz CT molecular complexity index is 1920. The molecule has 4 heterocycles. The molecule has 6 rings (SSSR count). The Balaban J connectivity index is 1.19. The summed E-state index contributed by atoms with van der Waals surface area (Å²) in [5.41, 5.74) is 4.31. The monoisotopic (exact) mass is 706 g/mol. The van der Waals surface area contributed by atoms with Gasteiger partial charge in [-0.1, -0.05) is 60.5 Å². The SMILES string of the molecule is CCN(C)CC(=O)N1Cc2nc(-c3cccc(-c4cccc(CC(=O)c5nc6c(n5C)CCN(C(=O)OC(C)(C)C)C6)c4Cl)c3Cl)oc2C1. The fourth-order valence-corrected chi connectivity index (χ4v) is 6.72. The third-order valence-electron chi connectivity index (χ3n) is 8.86. The van der Waals surface area contributed by atoms with Crippen LogP contribution in [0.5, 0.6) is 0 Å². The zero-order valence-corrected chi connectivity index (χ0v) is 30.1. The van der Waals surface area contributed by atoms with Crippen LogP contribution < -0.4 is 0 Å². The minimum absolute atomic E-state index is 0.0270. The molecule has 2 aliphatic rings. The van der Waals surface area contributed by atoms with E-state index in [-0.39, 0.29) is 24.7 Å². The van der Waals surface area contributed by atoms with E-state index >= 15 is 0 Å². The van der Waals surface area contributed by atoms with Crippen molar-refractivity contribution in [2.75, 3.05) is 26.7 Å². The van der Waals surface area contributed by atoms with Gasteiger partial charge < -0.3 is 23.5 Å². The molecule has 2 aromatic carbocycles. The second kappa shape index (κ2) is 13.6. The van der Waals surface area contributed by atoms with Gasteiger partial charge in [0.2, 0.25) is 17.6 Å². The summed E-state index contributed by atoms with van der Waals surface area (Å²) in [4.78, 5) is 53.6. The zero-order chi connectivity index (χ0) is 35.2. The molecule has 0 bridgehead atoms. The van der Waals surface area contributed by atoms with Crippen LogP contribution in [-0.2, 0) is 49.1 Å². The van der Waals surface area contributed by atoms with E-state index < -0.39 is 11.7 Å². The zero-order valence-electron chi connectivity index (χ0n) is 28.6. The number of likely N-dealkylation sites (N-methyl/N-ethyl adjacent to an activating group) is 1. The standard InChI is InChI=1S/C36H40Cl2N6O5/c1-7-41(5)20-30(46)44-18-26-29(19-44)48-34(40-26)24-13-9-12-23(32(24)38)22-11-8-10-21(31(22)37)16-28(45)33-39-25-17-43(15-14-27(25)42(33)6)35(47)49-36(2,3)4/h8-13H,7,14-20H2,1-6H3. The van der Waals surface area contributed by atoms with Gasteiger partial charge in [0, 0.05) is 43.3 Å². The Morgan fingerprint density at radius 1 is 0.939 bits per heavy atom. The van der Waals surface area contributed by atoms with Gasteiger partial charge in [-0.3, -0.25) is 14.5 Å². The van der Waals surface area contributed by atoms with Crippen LogP contribution in [0.15, 0.2) is 40.8 Å². The molecule has 13 heteroatoms. The predicted molar refractivity (Wildman–Crippen MR) is 186 cm³/mol. The number of oxazole rings is 1. The molecule has 2 aromatic heterocycles. The maximum atomic E-state index is 13.6. The molecule has 0 unspecified atom stereocenters. The van der Waals surface area contributed by atoms with Gasteiger partial charge in [0.05, 0.1) is 47.5 Å². The second-order valence-corrected chi connectivity index (χ2v) is 14.3. The van der Waals surface area contributed by atoms with Crippen LogP contribution >= 0.6 is 23.2 Å². The Hall–Kier alpha value is -4.19. The topological polar surface area (TPSA) is 114 Å². The molecule has 11 nitrogen and oxygen atoms in total. The molecule has 0 saturated heterocycles. The number of hydrogen-bond acceptors (Lipinski definition) is 8. The lowest BCUT2D eigenvalue weighted by molar-refractivity contribution is -0.132. The van der Waals surface area contributed by atoms with Gasteiger partial charge in [-0.25, -0.2) is 14.8 Å². The van der Waals surface area contributed by atoms with Crippen molar-refractivity contribution in [3.05, 3.63) is 80.7 Å². The van der Waals surface area contributed by atoms with E-state index in [1.165, 1.54) is 0 Å². The van der Waals surface area contributed by atoms with Crippen molar-refractivity contribution in [1.82, 2.24) is 29.2 Å². The second-order valence-electron chi connectivity index (χ2n) is 13.6. The van der Waals surface area contributed by atoms with E-state index in [0.29, 0.717) is 88.1 Å². The van der Waals surface area contributed by atoms with Crippen LogP contribution in [0.25, 0.3) is 22.6 Å². The number of imidazole rings is 1. The van der Waals surface area contributed by atoms with Crippen molar-refractivity contribution in [3.63, 3.8) is 0 Å². The first-order valence-electron chi connectivity index (χ1n) is 16.3. The number of nitrogens with zero attached hydrogens (tertiary/aromatic N) is 6. The summed E-state index contributed by atoms with van der Waals surface area (Å²) in [6.07, 6.45) is 0.194. The van der Waals surface area contributed by atoms with Crippen LogP contribution in [-0.4, -0.2) is 79.3 Å². The third kappa shape index (κ3) is 7.11. The number of fused-ring (bicyclic) bond motifs is 2. The van der Waals surface area contributed by atoms with Crippen LogP contribution in [0, 0.1) is 0 Å². The van der Waals surface area contributed by atoms with Crippen molar-refractivity contribution >= 4 is 41.0 Å². The molecule has 2 amide bonds. The van der Waals surface area contributed by atoms with E-state index in [4.69, 9.17) is 37.3 Å². The molecule has 0 spiro atoms. The molecular formula is C36H40Cl2N6O5. The van der Waals surface area contributed by atoms with Gasteiger partial charge in [0.15, 0.2) is 5.82 Å².